The zero-order valence-corrected chi connectivity index (χ0v) is 18.5. The maximum absolute atomic E-state index is 13.1. The number of hydrogen-bond acceptors (Lipinski definition) is 7. The summed E-state index contributed by atoms with van der Waals surface area (Å²) in [5.74, 6) is -1.39. The molecule has 3 heterocycles. The minimum atomic E-state index is -4.22. The number of alkyl halides is 3. The number of aromatic nitrogens is 3. The Morgan fingerprint density at radius 1 is 1.28 bits per heavy atom. The molecule has 172 valence electrons. The smallest absolute Gasteiger partial charge is 0.355 e. The molecular weight excluding hydrogens is 441 g/mol. The molecule has 2 aromatic rings. The van der Waals surface area contributed by atoms with Gasteiger partial charge >= 0.3 is 6.18 Å². The summed E-state index contributed by atoms with van der Waals surface area (Å²) >= 11 is 1.69. The topological polar surface area (TPSA) is 83.0 Å². The first kappa shape index (κ1) is 22.6. The van der Waals surface area contributed by atoms with Gasteiger partial charge in [0.15, 0.2) is 0 Å². The van der Waals surface area contributed by atoms with Crippen molar-refractivity contribution < 1.29 is 18.0 Å². The Kier molecular flexibility index (Phi) is 6.73. The first-order valence-corrected chi connectivity index (χ1v) is 11.5. The van der Waals surface area contributed by atoms with Crippen LogP contribution in [0.15, 0.2) is 24.5 Å². The van der Waals surface area contributed by atoms with Gasteiger partial charge in [0.1, 0.15) is 11.5 Å². The number of rotatable bonds is 7. The number of pyridine rings is 1. The van der Waals surface area contributed by atoms with E-state index in [2.05, 4.69) is 25.0 Å². The van der Waals surface area contributed by atoms with Crippen LogP contribution in [-0.2, 0) is 6.54 Å². The zero-order valence-electron chi connectivity index (χ0n) is 17.7. The summed E-state index contributed by atoms with van der Waals surface area (Å²) in [6, 6.07) is 3.75. The number of carbonyl (C=O) groups is 1. The normalized spacial score (nSPS) is 19.0. The molecule has 0 radical (unpaired) electrons. The molecule has 1 aliphatic heterocycles. The van der Waals surface area contributed by atoms with Crippen LogP contribution in [0.4, 0.5) is 24.7 Å². The number of nitrogens with one attached hydrogen (secondary N) is 2. The molecule has 0 bridgehead atoms. The van der Waals surface area contributed by atoms with Crippen LogP contribution in [-0.4, -0.2) is 45.4 Å². The molecule has 2 N–H and O–H groups in total. The van der Waals surface area contributed by atoms with Crippen LogP contribution in [0.1, 0.15) is 47.6 Å². The zero-order chi connectivity index (χ0) is 22.7. The van der Waals surface area contributed by atoms with Crippen molar-refractivity contribution in [3.8, 4) is 0 Å². The summed E-state index contributed by atoms with van der Waals surface area (Å²) in [7, 11) is 0. The average molecular weight is 467 g/mol. The third-order valence-electron chi connectivity index (χ3n) is 5.45. The van der Waals surface area contributed by atoms with Crippen molar-refractivity contribution in [2.45, 2.75) is 50.6 Å². The summed E-state index contributed by atoms with van der Waals surface area (Å²) < 4.78 is 42.6. The first-order valence-electron chi connectivity index (χ1n) is 10.6. The lowest BCUT2D eigenvalue weighted by Crippen LogP contribution is -2.42. The van der Waals surface area contributed by atoms with E-state index in [4.69, 9.17) is 0 Å². The van der Waals surface area contributed by atoms with Gasteiger partial charge in [-0.15, -0.1) is 0 Å². The molecule has 2 fully saturated rings. The van der Waals surface area contributed by atoms with Crippen molar-refractivity contribution >= 4 is 29.4 Å². The Morgan fingerprint density at radius 2 is 2.09 bits per heavy atom. The van der Waals surface area contributed by atoms with Gasteiger partial charge in [-0.2, -0.15) is 13.2 Å². The monoisotopic (exact) mass is 466 g/mol. The summed E-state index contributed by atoms with van der Waals surface area (Å²) in [6.45, 7) is 2.23. The van der Waals surface area contributed by atoms with Crippen molar-refractivity contribution in [2.75, 3.05) is 22.7 Å². The number of anilines is 2. The lowest BCUT2D eigenvalue weighted by molar-refractivity contribution is -0.176. The van der Waals surface area contributed by atoms with E-state index in [1.165, 1.54) is 19.0 Å². The van der Waals surface area contributed by atoms with Gasteiger partial charge in [-0.1, -0.05) is 0 Å². The van der Waals surface area contributed by atoms with Crippen molar-refractivity contribution in [1.82, 2.24) is 20.3 Å². The van der Waals surface area contributed by atoms with Gasteiger partial charge in [0, 0.05) is 30.2 Å². The maximum atomic E-state index is 13.1. The molecule has 1 amide bonds. The van der Waals surface area contributed by atoms with Crippen molar-refractivity contribution in [2.24, 2.45) is 5.92 Å². The van der Waals surface area contributed by atoms with Gasteiger partial charge in [0.25, 0.3) is 5.91 Å². The van der Waals surface area contributed by atoms with Crippen LogP contribution in [0.5, 0.6) is 0 Å². The van der Waals surface area contributed by atoms with E-state index in [0.29, 0.717) is 35.4 Å². The first-order chi connectivity index (χ1) is 15.3. The highest BCUT2D eigenvalue weighted by Gasteiger charge is 2.42. The molecule has 1 unspecified atom stereocenters. The van der Waals surface area contributed by atoms with Crippen molar-refractivity contribution in [1.29, 1.82) is 0 Å². The largest absolute Gasteiger partial charge is 0.393 e. The second-order valence-electron chi connectivity index (χ2n) is 8.13. The summed E-state index contributed by atoms with van der Waals surface area (Å²) in [5, 5.41) is 3.44. The van der Waals surface area contributed by atoms with E-state index in [1.54, 1.807) is 30.0 Å². The highest BCUT2D eigenvalue weighted by molar-refractivity contribution is 8.01. The Balaban J connectivity index is 1.35. The predicted molar refractivity (Wildman–Crippen MR) is 117 cm³/mol. The number of halogens is 3. The summed E-state index contributed by atoms with van der Waals surface area (Å²) in [4.78, 5) is 26.9. The molecule has 2 aromatic heterocycles. The van der Waals surface area contributed by atoms with E-state index >= 15 is 0 Å². The fourth-order valence-corrected chi connectivity index (χ4v) is 4.37. The van der Waals surface area contributed by atoms with Crippen LogP contribution < -0.4 is 14.9 Å². The standard InChI is InChI=1S/C21H25F3N6OS/c1-13-19(30-8-2-3-14(12-30)21(22,23)24)26-11-18(28-13)20(31)27-10-16-9-15(6-7-25-16)29-32-17-4-5-17/h6-7,9,11,14,17H,2-5,8,10,12H2,1H3,(H,25,29)(H,27,31). The molecule has 7 nitrogen and oxygen atoms in total. The third kappa shape index (κ3) is 5.81. The van der Waals surface area contributed by atoms with Crippen molar-refractivity contribution in [3.05, 3.63) is 41.6 Å². The molecule has 0 aromatic carbocycles. The van der Waals surface area contributed by atoms with Crippen LogP contribution in [0.25, 0.3) is 0 Å². The molecule has 1 aliphatic carbocycles. The Morgan fingerprint density at radius 3 is 2.81 bits per heavy atom. The number of aryl methyl sites for hydroxylation is 1. The molecular formula is C21H25F3N6OS. The van der Waals surface area contributed by atoms with Gasteiger partial charge in [0.05, 0.1) is 30.0 Å². The lowest BCUT2D eigenvalue weighted by atomic mass is 9.97. The summed E-state index contributed by atoms with van der Waals surface area (Å²) in [5.41, 5.74) is 2.18. The average Bonchev–Trinajstić information content (AvgIpc) is 3.60. The molecule has 11 heteroatoms. The minimum absolute atomic E-state index is 0.120. The van der Waals surface area contributed by atoms with E-state index in [1.807, 2.05) is 12.1 Å². The number of amides is 1. The second kappa shape index (κ2) is 9.51. The van der Waals surface area contributed by atoms with Crippen LogP contribution >= 0.6 is 11.9 Å². The van der Waals surface area contributed by atoms with E-state index < -0.39 is 18.0 Å². The van der Waals surface area contributed by atoms with Gasteiger partial charge in [-0.05, 0) is 56.7 Å². The van der Waals surface area contributed by atoms with Gasteiger partial charge in [0.2, 0.25) is 0 Å². The predicted octanol–water partition coefficient (Wildman–Crippen LogP) is 4.11. The number of carbonyl (C=O) groups excluding carboxylic acids is 1. The van der Waals surface area contributed by atoms with Gasteiger partial charge in [-0.3, -0.25) is 9.78 Å². The fraction of sp³-hybridized carbons (Fsp3) is 0.524. The highest BCUT2D eigenvalue weighted by atomic mass is 32.2. The van der Waals surface area contributed by atoms with Gasteiger partial charge in [-0.25, -0.2) is 9.97 Å². The number of hydrogen-bond donors (Lipinski definition) is 2. The molecule has 0 spiro atoms. The molecule has 1 saturated carbocycles. The van der Waals surface area contributed by atoms with Gasteiger partial charge < -0.3 is 14.9 Å². The molecule has 2 aliphatic rings. The fourth-order valence-electron chi connectivity index (χ4n) is 3.57. The summed E-state index contributed by atoms with van der Waals surface area (Å²) in [6.07, 6.45) is 1.79. The van der Waals surface area contributed by atoms with E-state index in [0.717, 1.165) is 5.69 Å². The van der Waals surface area contributed by atoms with Crippen LogP contribution in [0, 0.1) is 12.8 Å². The highest BCUT2D eigenvalue weighted by Crippen LogP contribution is 2.35. The van der Waals surface area contributed by atoms with E-state index in [9.17, 15) is 18.0 Å². The molecule has 1 saturated heterocycles. The maximum Gasteiger partial charge on any atom is 0.393 e. The minimum Gasteiger partial charge on any atom is -0.355 e. The molecule has 1 atom stereocenters. The Labute approximate surface area is 188 Å². The SMILES string of the molecule is Cc1nc(C(=O)NCc2cc(NSC3CC3)ccn2)cnc1N1CCCC(C(F)(F)F)C1. The van der Waals surface area contributed by atoms with Crippen LogP contribution in [0.2, 0.25) is 0 Å². The quantitative estimate of drug-likeness (QED) is 0.594. The Hall–Kier alpha value is -2.56. The van der Waals surface area contributed by atoms with Crippen LogP contribution in [0.3, 0.4) is 0 Å². The number of piperidine rings is 1. The molecule has 4 rings (SSSR count). The Bertz CT molecular complexity index is 969. The van der Waals surface area contributed by atoms with E-state index in [-0.39, 0.29) is 25.2 Å². The third-order valence-corrected chi connectivity index (χ3v) is 6.61. The number of nitrogens with zero attached hydrogens (tertiary/aromatic N) is 4. The lowest BCUT2D eigenvalue weighted by Gasteiger charge is -2.34. The van der Waals surface area contributed by atoms with Crippen molar-refractivity contribution in [3.63, 3.8) is 0 Å². The molecule has 32 heavy (non-hydrogen) atoms. The second-order valence-corrected chi connectivity index (χ2v) is 9.24.